The number of imidazole rings is 1. The fraction of sp³-hybridized carbons (Fsp3) is 0.286. The van der Waals surface area contributed by atoms with E-state index in [2.05, 4.69) is 21.7 Å². The van der Waals surface area contributed by atoms with Crippen molar-refractivity contribution in [3.8, 4) is 11.3 Å². The van der Waals surface area contributed by atoms with Crippen LogP contribution in [0.5, 0.6) is 0 Å². The molecule has 0 bridgehead atoms. The summed E-state index contributed by atoms with van der Waals surface area (Å²) in [5.74, 6) is 0.0122. The lowest BCUT2D eigenvalue weighted by atomic mass is 9.76. The number of aryl methyl sites for hydroxylation is 1. The molecule has 2 heterocycles. The first-order valence-electron chi connectivity index (χ1n) is 9.07. The molecule has 138 valence electrons. The van der Waals surface area contributed by atoms with Crippen molar-refractivity contribution in [1.29, 1.82) is 0 Å². The Bertz CT molecular complexity index is 1150. The van der Waals surface area contributed by atoms with Gasteiger partial charge >= 0.3 is 0 Å². The van der Waals surface area contributed by atoms with Crippen LogP contribution in [0.3, 0.4) is 0 Å². The molecule has 0 fully saturated rings. The second kappa shape index (κ2) is 5.78. The van der Waals surface area contributed by atoms with Crippen molar-refractivity contribution in [1.82, 2.24) is 9.55 Å². The molecule has 27 heavy (non-hydrogen) atoms. The zero-order chi connectivity index (χ0) is 18.8. The zero-order valence-electron chi connectivity index (χ0n) is 14.9. The van der Waals surface area contributed by atoms with E-state index < -0.39 is 15.9 Å². The Morgan fingerprint density at radius 1 is 1.15 bits per heavy atom. The molecule has 1 aliphatic heterocycles. The van der Waals surface area contributed by atoms with Gasteiger partial charge < -0.3 is 9.67 Å². The summed E-state index contributed by atoms with van der Waals surface area (Å²) >= 11 is 0. The van der Waals surface area contributed by atoms with E-state index in [0.29, 0.717) is 4.90 Å². The Morgan fingerprint density at radius 2 is 1.96 bits per heavy atom. The summed E-state index contributed by atoms with van der Waals surface area (Å²) in [4.78, 5) is 4.63. The van der Waals surface area contributed by atoms with E-state index in [-0.39, 0.29) is 12.0 Å². The molecule has 0 saturated heterocycles. The summed E-state index contributed by atoms with van der Waals surface area (Å²) < 4.78 is 25.9. The summed E-state index contributed by atoms with van der Waals surface area (Å²) in [5.41, 5.74) is 5.24. The predicted octanol–water partition coefficient (Wildman–Crippen LogP) is 3.15. The molecule has 3 aromatic rings. The Labute approximate surface area is 158 Å². The summed E-state index contributed by atoms with van der Waals surface area (Å²) in [6, 6.07) is 13.4. The normalized spacial score (nSPS) is 23.6. The summed E-state index contributed by atoms with van der Waals surface area (Å²) in [6.45, 7) is 0. The Hall–Kier alpha value is -2.44. The maximum Gasteiger partial charge on any atom is 0.175 e. The van der Waals surface area contributed by atoms with Gasteiger partial charge in [-0.05, 0) is 41.7 Å². The standard InChI is InChI=1S/C21H20N2O3S/c1-27(25,26)14-7-9-15-13(10-14)6-8-18(21(15)24)20-17-5-3-2-4-16(17)19-11-22-12-23(19)20/h2-5,7,9-12,18,20-21,24H,6,8H2,1H3/t18-,20+,21+/m1/s1. The highest BCUT2D eigenvalue weighted by molar-refractivity contribution is 7.90. The number of sulfone groups is 1. The average Bonchev–Trinajstić information content (AvgIpc) is 3.22. The highest BCUT2D eigenvalue weighted by Crippen LogP contribution is 2.49. The van der Waals surface area contributed by atoms with Gasteiger partial charge in [0.25, 0.3) is 0 Å². The van der Waals surface area contributed by atoms with Gasteiger partial charge in [-0.1, -0.05) is 30.3 Å². The highest BCUT2D eigenvalue weighted by Gasteiger charge is 2.40. The van der Waals surface area contributed by atoms with Crippen LogP contribution in [0, 0.1) is 5.92 Å². The number of fused-ring (bicyclic) bond motifs is 4. The molecular formula is C21H20N2O3S. The molecule has 5 nitrogen and oxygen atoms in total. The smallest absolute Gasteiger partial charge is 0.175 e. The molecule has 2 aliphatic rings. The van der Waals surface area contributed by atoms with Crippen LogP contribution in [0.15, 0.2) is 59.9 Å². The molecule has 0 amide bonds. The van der Waals surface area contributed by atoms with E-state index >= 15 is 0 Å². The number of nitrogens with zero attached hydrogens (tertiary/aromatic N) is 2. The fourth-order valence-electron chi connectivity index (χ4n) is 4.67. The van der Waals surface area contributed by atoms with E-state index in [1.807, 2.05) is 24.7 Å². The number of rotatable bonds is 2. The number of aromatic nitrogens is 2. The number of hydrogen-bond acceptors (Lipinski definition) is 4. The van der Waals surface area contributed by atoms with Gasteiger partial charge in [-0.15, -0.1) is 0 Å². The second-order valence-electron chi connectivity index (χ2n) is 7.50. The van der Waals surface area contributed by atoms with Crippen LogP contribution in [0.25, 0.3) is 11.3 Å². The Morgan fingerprint density at radius 3 is 2.78 bits per heavy atom. The maximum atomic E-state index is 11.8. The largest absolute Gasteiger partial charge is 0.388 e. The molecule has 0 unspecified atom stereocenters. The number of hydrogen-bond donors (Lipinski definition) is 1. The van der Waals surface area contributed by atoms with Gasteiger partial charge in [0.05, 0.1) is 35.3 Å². The van der Waals surface area contributed by atoms with Crippen molar-refractivity contribution in [3.63, 3.8) is 0 Å². The molecule has 0 spiro atoms. The first-order chi connectivity index (χ1) is 12.9. The number of aliphatic hydroxyl groups is 1. The minimum absolute atomic E-state index is 0.0122. The molecular weight excluding hydrogens is 360 g/mol. The van der Waals surface area contributed by atoms with Crippen LogP contribution in [0.4, 0.5) is 0 Å². The lowest BCUT2D eigenvalue weighted by Crippen LogP contribution is -2.28. The van der Waals surface area contributed by atoms with Crippen LogP contribution in [-0.2, 0) is 16.3 Å². The second-order valence-corrected chi connectivity index (χ2v) is 9.51. The van der Waals surface area contributed by atoms with Crippen molar-refractivity contribution < 1.29 is 13.5 Å². The average molecular weight is 380 g/mol. The van der Waals surface area contributed by atoms with Crippen molar-refractivity contribution in [3.05, 3.63) is 71.7 Å². The van der Waals surface area contributed by atoms with Gasteiger partial charge in [0.1, 0.15) is 0 Å². The van der Waals surface area contributed by atoms with Crippen LogP contribution in [0.1, 0.15) is 35.3 Å². The highest BCUT2D eigenvalue weighted by atomic mass is 32.2. The summed E-state index contributed by atoms with van der Waals surface area (Å²) in [6.07, 6.45) is 5.83. The molecule has 1 aliphatic carbocycles. The third-order valence-corrected chi connectivity index (χ3v) is 7.05. The topological polar surface area (TPSA) is 72.2 Å². The minimum atomic E-state index is -3.25. The van der Waals surface area contributed by atoms with Crippen LogP contribution >= 0.6 is 0 Å². The van der Waals surface area contributed by atoms with Crippen molar-refractivity contribution in [2.24, 2.45) is 5.92 Å². The van der Waals surface area contributed by atoms with Gasteiger partial charge in [0.2, 0.25) is 0 Å². The maximum absolute atomic E-state index is 11.8. The molecule has 2 aromatic carbocycles. The molecule has 5 rings (SSSR count). The van der Waals surface area contributed by atoms with E-state index in [0.717, 1.165) is 29.7 Å². The van der Waals surface area contributed by atoms with Gasteiger partial charge in [0.15, 0.2) is 9.84 Å². The van der Waals surface area contributed by atoms with Gasteiger partial charge in [-0.2, -0.15) is 0 Å². The lowest BCUT2D eigenvalue weighted by Gasteiger charge is -2.35. The molecule has 6 heteroatoms. The van der Waals surface area contributed by atoms with E-state index in [1.165, 1.54) is 17.4 Å². The lowest BCUT2D eigenvalue weighted by molar-refractivity contribution is 0.0719. The first-order valence-corrected chi connectivity index (χ1v) is 11.0. The number of aliphatic hydroxyl groups excluding tert-OH is 1. The fourth-order valence-corrected chi connectivity index (χ4v) is 5.34. The van der Waals surface area contributed by atoms with E-state index in [1.54, 1.807) is 18.2 Å². The zero-order valence-corrected chi connectivity index (χ0v) is 15.7. The van der Waals surface area contributed by atoms with Crippen molar-refractivity contribution in [2.45, 2.75) is 29.9 Å². The number of benzene rings is 2. The molecule has 0 saturated carbocycles. The van der Waals surface area contributed by atoms with Gasteiger partial charge in [-0.25, -0.2) is 13.4 Å². The minimum Gasteiger partial charge on any atom is -0.388 e. The first kappa shape index (κ1) is 16.7. The molecule has 1 aromatic heterocycles. The molecule has 3 atom stereocenters. The Balaban J connectivity index is 1.57. The van der Waals surface area contributed by atoms with Crippen LogP contribution in [-0.4, -0.2) is 29.3 Å². The van der Waals surface area contributed by atoms with Gasteiger partial charge in [0, 0.05) is 17.7 Å². The van der Waals surface area contributed by atoms with E-state index in [4.69, 9.17) is 0 Å². The quantitative estimate of drug-likeness (QED) is 0.741. The summed E-state index contributed by atoms with van der Waals surface area (Å²) in [7, 11) is -3.25. The third-order valence-electron chi connectivity index (χ3n) is 5.94. The van der Waals surface area contributed by atoms with Crippen LogP contribution < -0.4 is 0 Å². The summed E-state index contributed by atoms with van der Waals surface area (Å²) in [5, 5.41) is 11.2. The van der Waals surface area contributed by atoms with Gasteiger partial charge in [-0.3, -0.25) is 0 Å². The SMILES string of the molecule is CS(=O)(=O)c1ccc2c(c1)CC[C@H]([C@@H]1c3ccccc3-c3cncn31)[C@H]2O. The monoisotopic (exact) mass is 380 g/mol. The van der Waals surface area contributed by atoms with Crippen LogP contribution in [0.2, 0.25) is 0 Å². The Kier molecular flexibility index (Phi) is 3.58. The molecule has 0 radical (unpaired) electrons. The van der Waals surface area contributed by atoms with E-state index in [9.17, 15) is 13.5 Å². The third kappa shape index (κ3) is 2.47. The van der Waals surface area contributed by atoms with Crippen molar-refractivity contribution in [2.75, 3.05) is 6.26 Å². The van der Waals surface area contributed by atoms with Crippen molar-refractivity contribution >= 4 is 9.84 Å². The predicted molar refractivity (Wildman–Crippen MR) is 102 cm³/mol. The molecule has 1 N–H and O–H groups in total.